The molecular weight excluding hydrogens is 338 g/mol. The topological polar surface area (TPSA) is 74.0 Å². The van der Waals surface area contributed by atoms with Crippen molar-refractivity contribution in [3.05, 3.63) is 71.9 Å². The molecule has 1 saturated carbocycles. The fraction of sp³-hybridized carbons (Fsp3) is 0.273. The van der Waals surface area contributed by atoms with Crippen molar-refractivity contribution < 1.29 is 9.59 Å². The summed E-state index contributed by atoms with van der Waals surface area (Å²) < 4.78 is 0. The monoisotopic (exact) mass is 361 g/mol. The van der Waals surface area contributed by atoms with E-state index in [1.54, 1.807) is 0 Å². The molecule has 0 aliphatic heterocycles. The van der Waals surface area contributed by atoms with Gasteiger partial charge in [0.2, 0.25) is 11.8 Å². The molecule has 2 amide bonds. The van der Waals surface area contributed by atoms with E-state index in [1.807, 2.05) is 60.8 Å². The van der Waals surface area contributed by atoms with Crippen molar-refractivity contribution in [1.29, 1.82) is 0 Å². The standard InChI is InChI=1S/C22H23N3O2/c26-21(16-10-11-16)25-20(22(27)24-13-15-6-2-1-3-7-15)12-17-14-23-19-9-5-4-8-18(17)19/h1-9,14,16,20,23H,10-13H2,(H,24,27)(H,25,26)/t20-/m0/s1. The summed E-state index contributed by atoms with van der Waals surface area (Å²) in [6.45, 7) is 0.448. The molecule has 0 saturated heterocycles. The van der Waals surface area contributed by atoms with Crippen LogP contribution in [0.5, 0.6) is 0 Å². The Morgan fingerprint density at radius 2 is 1.78 bits per heavy atom. The number of fused-ring (bicyclic) bond motifs is 1. The van der Waals surface area contributed by atoms with Gasteiger partial charge in [0.05, 0.1) is 0 Å². The van der Waals surface area contributed by atoms with Gasteiger partial charge < -0.3 is 15.6 Å². The first-order valence-electron chi connectivity index (χ1n) is 9.38. The van der Waals surface area contributed by atoms with Crippen molar-refractivity contribution >= 4 is 22.7 Å². The van der Waals surface area contributed by atoms with Crippen molar-refractivity contribution in [3.63, 3.8) is 0 Å². The SMILES string of the molecule is O=C(N[C@@H](Cc1c[nH]c2ccccc12)C(=O)NCc1ccccc1)C1CC1. The fourth-order valence-corrected chi connectivity index (χ4v) is 3.27. The Bertz CT molecular complexity index is 944. The molecule has 1 atom stereocenters. The van der Waals surface area contributed by atoms with Gasteiger partial charge in [-0.05, 0) is 30.0 Å². The number of rotatable bonds is 7. The second-order valence-corrected chi connectivity index (χ2v) is 7.10. The number of benzene rings is 2. The van der Waals surface area contributed by atoms with Gasteiger partial charge in [0.25, 0.3) is 0 Å². The average molecular weight is 361 g/mol. The van der Waals surface area contributed by atoms with Crippen LogP contribution >= 0.6 is 0 Å². The lowest BCUT2D eigenvalue weighted by atomic mass is 10.0. The maximum Gasteiger partial charge on any atom is 0.243 e. The van der Waals surface area contributed by atoms with Crippen LogP contribution in [0.3, 0.4) is 0 Å². The maximum atomic E-state index is 12.8. The van der Waals surface area contributed by atoms with E-state index in [-0.39, 0.29) is 17.7 Å². The molecule has 0 radical (unpaired) electrons. The van der Waals surface area contributed by atoms with E-state index in [4.69, 9.17) is 0 Å². The van der Waals surface area contributed by atoms with Crippen LogP contribution in [0.25, 0.3) is 10.9 Å². The highest BCUT2D eigenvalue weighted by Gasteiger charge is 2.32. The number of para-hydroxylation sites is 1. The Hall–Kier alpha value is -3.08. The number of amides is 2. The lowest BCUT2D eigenvalue weighted by Gasteiger charge is -2.18. The summed E-state index contributed by atoms with van der Waals surface area (Å²) in [5.41, 5.74) is 3.09. The molecule has 0 unspecified atom stereocenters. The van der Waals surface area contributed by atoms with Gasteiger partial charge >= 0.3 is 0 Å². The predicted molar refractivity (Wildman–Crippen MR) is 105 cm³/mol. The van der Waals surface area contributed by atoms with Gasteiger partial charge in [-0.2, -0.15) is 0 Å². The lowest BCUT2D eigenvalue weighted by Crippen LogP contribution is -2.48. The fourth-order valence-electron chi connectivity index (χ4n) is 3.27. The molecule has 1 aromatic heterocycles. The number of carbonyl (C=O) groups is 2. The van der Waals surface area contributed by atoms with Crippen molar-refractivity contribution in [2.24, 2.45) is 5.92 Å². The molecule has 5 nitrogen and oxygen atoms in total. The molecule has 1 aliphatic rings. The molecule has 2 aromatic carbocycles. The molecule has 1 fully saturated rings. The summed E-state index contributed by atoms with van der Waals surface area (Å²) in [5.74, 6) is -0.106. The summed E-state index contributed by atoms with van der Waals surface area (Å²) in [6.07, 6.45) is 4.21. The highest BCUT2D eigenvalue weighted by atomic mass is 16.2. The van der Waals surface area contributed by atoms with E-state index in [2.05, 4.69) is 15.6 Å². The first-order valence-corrected chi connectivity index (χ1v) is 9.38. The molecule has 1 heterocycles. The first kappa shape index (κ1) is 17.3. The van der Waals surface area contributed by atoms with Crippen LogP contribution in [0.2, 0.25) is 0 Å². The van der Waals surface area contributed by atoms with Crippen LogP contribution in [0.15, 0.2) is 60.8 Å². The van der Waals surface area contributed by atoms with E-state index >= 15 is 0 Å². The Labute approximate surface area is 158 Å². The number of aromatic amines is 1. The van der Waals surface area contributed by atoms with Crippen LogP contribution in [0.4, 0.5) is 0 Å². The normalized spacial score (nSPS) is 14.7. The quantitative estimate of drug-likeness (QED) is 0.605. The molecular formula is C22H23N3O2. The number of aromatic nitrogens is 1. The second kappa shape index (κ2) is 7.66. The van der Waals surface area contributed by atoms with Crippen LogP contribution in [0.1, 0.15) is 24.0 Å². The molecule has 0 bridgehead atoms. The molecule has 4 rings (SSSR count). The van der Waals surface area contributed by atoms with Crippen LogP contribution in [0, 0.1) is 5.92 Å². The van der Waals surface area contributed by atoms with Crippen molar-refractivity contribution in [2.45, 2.75) is 31.8 Å². The predicted octanol–water partition coefficient (Wildman–Crippen LogP) is 2.92. The number of nitrogens with one attached hydrogen (secondary N) is 3. The van der Waals surface area contributed by atoms with E-state index in [1.165, 1.54) is 0 Å². The number of carbonyl (C=O) groups excluding carboxylic acids is 2. The molecule has 3 N–H and O–H groups in total. The third-order valence-electron chi connectivity index (χ3n) is 4.99. The van der Waals surface area contributed by atoms with Crippen molar-refractivity contribution in [1.82, 2.24) is 15.6 Å². The first-order chi connectivity index (χ1) is 13.2. The minimum atomic E-state index is -0.582. The van der Waals surface area contributed by atoms with Gasteiger partial charge in [-0.25, -0.2) is 0 Å². The molecule has 138 valence electrons. The zero-order valence-corrected chi connectivity index (χ0v) is 15.1. The highest BCUT2D eigenvalue weighted by Crippen LogP contribution is 2.29. The Morgan fingerprint density at radius 3 is 2.56 bits per heavy atom. The Kier molecular flexibility index (Phi) is 4.92. The molecule has 5 heteroatoms. The molecule has 27 heavy (non-hydrogen) atoms. The van der Waals surface area contributed by atoms with Crippen molar-refractivity contribution in [3.8, 4) is 0 Å². The van der Waals surface area contributed by atoms with Gasteiger partial charge in [0.1, 0.15) is 6.04 Å². The summed E-state index contributed by atoms with van der Waals surface area (Å²) in [7, 11) is 0. The summed E-state index contributed by atoms with van der Waals surface area (Å²) in [5, 5.41) is 7.00. The molecule has 0 spiro atoms. The van der Waals surface area contributed by atoms with E-state index in [0.717, 1.165) is 34.9 Å². The summed E-state index contributed by atoms with van der Waals surface area (Å²) in [4.78, 5) is 28.3. The second-order valence-electron chi connectivity index (χ2n) is 7.10. The Balaban J connectivity index is 1.49. The van der Waals surface area contributed by atoms with Crippen LogP contribution in [-0.4, -0.2) is 22.8 Å². The zero-order chi connectivity index (χ0) is 18.6. The number of H-pyrrole nitrogens is 1. The van der Waals surface area contributed by atoms with Gasteiger partial charge in [0, 0.05) is 36.0 Å². The van der Waals surface area contributed by atoms with E-state index < -0.39 is 6.04 Å². The largest absolute Gasteiger partial charge is 0.361 e. The smallest absolute Gasteiger partial charge is 0.243 e. The third kappa shape index (κ3) is 4.19. The maximum absolute atomic E-state index is 12.8. The molecule has 1 aliphatic carbocycles. The zero-order valence-electron chi connectivity index (χ0n) is 15.1. The van der Waals surface area contributed by atoms with E-state index in [9.17, 15) is 9.59 Å². The number of hydrogen-bond acceptors (Lipinski definition) is 2. The lowest BCUT2D eigenvalue weighted by molar-refractivity contribution is -0.129. The summed E-state index contributed by atoms with van der Waals surface area (Å²) in [6, 6.07) is 17.2. The highest BCUT2D eigenvalue weighted by molar-refractivity contribution is 5.90. The van der Waals surface area contributed by atoms with Crippen molar-refractivity contribution in [2.75, 3.05) is 0 Å². The average Bonchev–Trinajstić information content (AvgIpc) is 3.48. The minimum absolute atomic E-state index is 0.0188. The summed E-state index contributed by atoms with van der Waals surface area (Å²) >= 11 is 0. The van der Waals surface area contributed by atoms with Gasteiger partial charge in [0.15, 0.2) is 0 Å². The van der Waals surface area contributed by atoms with Crippen LogP contribution < -0.4 is 10.6 Å². The van der Waals surface area contributed by atoms with Gasteiger partial charge in [-0.15, -0.1) is 0 Å². The van der Waals surface area contributed by atoms with Gasteiger partial charge in [-0.3, -0.25) is 9.59 Å². The third-order valence-corrected chi connectivity index (χ3v) is 4.99. The van der Waals surface area contributed by atoms with Crippen LogP contribution in [-0.2, 0) is 22.6 Å². The molecule has 3 aromatic rings. The van der Waals surface area contributed by atoms with Gasteiger partial charge in [-0.1, -0.05) is 48.5 Å². The van der Waals surface area contributed by atoms with E-state index in [0.29, 0.717) is 13.0 Å². The minimum Gasteiger partial charge on any atom is -0.361 e. The number of hydrogen-bond donors (Lipinski definition) is 3. The Morgan fingerprint density at radius 1 is 1.04 bits per heavy atom.